The number of rotatable bonds is 6. The summed E-state index contributed by atoms with van der Waals surface area (Å²) in [5.74, 6) is -0.836. The van der Waals surface area contributed by atoms with Gasteiger partial charge in [-0.2, -0.15) is 13.2 Å². The first-order valence-corrected chi connectivity index (χ1v) is 7.35. The molecule has 0 aliphatic carbocycles. The third-order valence-electron chi connectivity index (χ3n) is 3.14. The van der Waals surface area contributed by atoms with E-state index in [4.69, 9.17) is 16.3 Å². The van der Waals surface area contributed by atoms with E-state index in [1.807, 2.05) is 0 Å². The highest BCUT2D eigenvalue weighted by Gasteiger charge is 2.28. The molecule has 0 aliphatic heterocycles. The topological polar surface area (TPSA) is 78.7 Å². The van der Waals surface area contributed by atoms with Crippen LogP contribution in [-0.2, 0) is 0 Å². The molecule has 0 aromatic heterocycles. The van der Waals surface area contributed by atoms with Crippen LogP contribution in [0.3, 0.4) is 0 Å². The SMILES string of the molecule is COc1cc(OCC(F)(F)F)cc(C(=O)c2cc(Cl)cc([N+](=O)[O-])c2)c1. The Morgan fingerprint density at radius 1 is 1.12 bits per heavy atom. The summed E-state index contributed by atoms with van der Waals surface area (Å²) in [6.07, 6.45) is -4.55. The lowest BCUT2D eigenvalue weighted by Crippen LogP contribution is -2.19. The van der Waals surface area contributed by atoms with Crippen LogP contribution in [0.1, 0.15) is 15.9 Å². The van der Waals surface area contributed by atoms with Crippen molar-refractivity contribution in [3.8, 4) is 11.5 Å². The molecular formula is C16H11ClF3NO5. The van der Waals surface area contributed by atoms with Gasteiger partial charge in [-0.05, 0) is 18.2 Å². The number of hydrogen-bond acceptors (Lipinski definition) is 5. The second kappa shape index (κ2) is 7.61. The number of halogens is 4. The van der Waals surface area contributed by atoms with Crippen molar-refractivity contribution in [2.45, 2.75) is 6.18 Å². The van der Waals surface area contributed by atoms with E-state index in [0.29, 0.717) is 0 Å². The van der Waals surface area contributed by atoms with E-state index in [9.17, 15) is 28.1 Å². The summed E-state index contributed by atoms with van der Waals surface area (Å²) >= 11 is 5.78. The molecule has 0 saturated heterocycles. The number of ketones is 1. The molecule has 0 atom stereocenters. The second-order valence-electron chi connectivity index (χ2n) is 5.09. The van der Waals surface area contributed by atoms with Crippen molar-refractivity contribution in [3.05, 3.63) is 62.7 Å². The molecule has 0 saturated carbocycles. The fourth-order valence-electron chi connectivity index (χ4n) is 2.05. The van der Waals surface area contributed by atoms with Crippen molar-refractivity contribution >= 4 is 23.1 Å². The zero-order valence-corrected chi connectivity index (χ0v) is 13.9. The predicted octanol–water partition coefficient (Wildman–Crippen LogP) is 4.43. The Kier molecular flexibility index (Phi) is 5.71. The quantitative estimate of drug-likeness (QED) is 0.415. The van der Waals surface area contributed by atoms with Crippen LogP contribution >= 0.6 is 11.6 Å². The first-order valence-electron chi connectivity index (χ1n) is 6.97. The maximum absolute atomic E-state index is 12.6. The molecule has 0 radical (unpaired) electrons. The highest BCUT2D eigenvalue weighted by molar-refractivity contribution is 6.31. The lowest BCUT2D eigenvalue weighted by molar-refractivity contribution is -0.384. The molecule has 10 heteroatoms. The summed E-state index contributed by atoms with van der Waals surface area (Å²) < 4.78 is 46.5. The minimum Gasteiger partial charge on any atom is -0.497 e. The fraction of sp³-hybridized carbons (Fsp3) is 0.188. The van der Waals surface area contributed by atoms with Gasteiger partial charge in [-0.25, -0.2) is 0 Å². The monoisotopic (exact) mass is 389 g/mol. The van der Waals surface area contributed by atoms with Crippen LogP contribution in [0, 0.1) is 10.1 Å². The van der Waals surface area contributed by atoms with Gasteiger partial charge in [-0.15, -0.1) is 0 Å². The van der Waals surface area contributed by atoms with E-state index in [1.165, 1.54) is 25.3 Å². The Labute approximate surface area is 150 Å². The third-order valence-corrected chi connectivity index (χ3v) is 3.35. The maximum Gasteiger partial charge on any atom is 0.422 e. The molecule has 0 N–H and O–H groups in total. The fourth-order valence-corrected chi connectivity index (χ4v) is 2.28. The van der Waals surface area contributed by atoms with E-state index in [-0.39, 0.29) is 27.6 Å². The normalized spacial score (nSPS) is 11.1. The number of carbonyl (C=O) groups excluding carboxylic acids is 1. The smallest absolute Gasteiger partial charge is 0.422 e. The lowest BCUT2D eigenvalue weighted by atomic mass is 10.0. The molecule has 6 nitrogen and oxygen atoms in total. The van der Waals surface area contributed by atoms with Crippen molar-refractivity contribution in [1.82, 2.24) is 0 Å². The van der Waals surface area contributed by atoms with E-state index in [0.717, 1.165) is 18.2 Å². The summed E-state index contributed by atoms with van der Waals surface area (Å²) in [5.41, 5.74) is -0.561. The Morgan fingerprint density at radius 3 is 2.31 bits per heavy atom. The zero-order chi connectivity index (χ0) is 19.5. The van der Waals surface area contributed by atoms with Crippen LogP contribution < -0.4 is 9.47 Å². The molecule has 0 unspecified atom stereocenters. The number of methoxy groups -OCH3 is 1. The lowest BCUT2D eigenvalue weighted by Gasteiger charge is -2.12. The minimum atomic E-state index is -4.55. The van der Waals surface area contributed by atoms with Gasteiger partial charge in [0.2, 0.25) is 0 Å². The number of nitro groups is 1. The predicted molar refractivity (Wildman–Crippen MR) is 86.1 cm³/mol. The summed E-state index contributed by atoms with van der Waals surface area (Å²) in [5, 5.41) is 10.9. The molecule has 0 spiro atoms. The van der Waals surface area contributed by atoms with Gasteiger partial charge in [-0.1, -0.05) is 11.6 Å². The molecule has 2 aromatic rings. The maximum atomic E-state index is 12.6. The Morgan fingerprint density at radius 2 is 1.73 bits per heavy atom. The van der Waals surface area contributed by atoms with Gasteiger partial charge in [0.15, 0.2) is 12.4 Å². The average molecular weight is 390 g/mol. The number of hydrogen-bond donors (Lipinski definition) is 0. The number of alkyl halides is 3. The molecule has 2 aromatic carbocycles. The van der Waals surface area contributed by atoms with Gasteiger partial charge in [0.1, 0.15) is 11.5 Å². The Balaban J connectivity index is 2.40. The van der Waals surface area contributed by atoms with Crippen molar-refractivity contribution in [3.63, 3.8) is 0 Å². The average Bonchev–Trinajstić information content (AvgIpc) is 2.57. The molecule has 0 amide bonds. The zero-order valence-electron chi connectivity index (χ0n) is 13.2. The van der Waals surface area contributed by atoms with Crippen molar-refractivity contribution in [2.24, 2.45) is 0 Å². The highest BCUT2D eigenvalue weighted by atomic mass is 35.5. The summed E-state index contributed by atoms with van der Waals surface area (Å²) in [6, 6.07) is 6.85. The van der Waals surface area contributed by atoms with Crippen molar-refractivity contribution < 1.29 is 32.4 Å². The number of benzene rings is 2. The van der Waals surface area contributed by atoms with Crippen LogP contribution in [0.5, 0.6) is 11.5 Å². The summed E-state index contributed by atoms with van der Waals surface area (Å²) in [6.45, 7) is -1.55. The molecule has 0 bridgehead atoms. The largest absolute Gasteiger partial charge is 0.497 e. The highest BCUT2D eigenvalue weighted by Crippen LogP contribution is 2.28. The van der Waals surface area contributed by atoms with Gasteiger partial charge in [0.25, 0.3) is 5.69 Å². The van der Waals surface area contributed by atoms with E-state index < -0.39 is 29.2 Å². The summed E-state index contributed by atoms with van der Waals surface area (Å²) in [7, 11) is 1.27. The molecule has 0 fully saturated rings. The Hall–Kier alpha value is -2.81. The molecule has 0 aliphatic rings. The molecule has 0 heterocycles. The first kappa shape index (κ1) is 19.5. The number of nitrogens with zero attached hydrogens (tertiary/aromatic N) is 1. The van der Waals surface area contributed by atoms with Crippen LogP contribution in [0.25, 0.3) is 0 Å². The number of ether oxygens (including phenoxy) is 2. The molecule has 138 valence electrons. The molecule has 2 rings (SSSR count). The van der Waals surface area contributed by atoms with E-state index >= 15 is 0 Å². The minimum absolute atomic E-state index is 0.0287. The summed E-state index contributed by atoms with van der Waals surface area (Å²) in [4.78, 5) is 22.8. The van der Waals surface area contributed by atoms with Crippen LogP contribution in [0.4, 0.5) is 18.9 Å². The standard InChI is InChI=1S/C16H11ClF3NO5/c1-25-13-4-10(5-14(7-13)26-8-16(18,19)20)15(22)9-2-11(17)6-12(3-9)21(23)24/h2-7H,8H2,1H3. The molecule has 26 heavy (non-hydrogen) atoms. The van der Waals surface area contributed by atoms with Gasteiger partial charge in [0, 0.05) is 34.3 Å². The van der Waals surface area contributed by atoms with Gasteiger partial charge in [0.05, 0.1) is 12.0 Å². The number of carbonyl (C=O) groups is 1. The molecular weight excluding hydrogens is 379 g/mol. The van der Waals surface area contributed by atoms with Gasteiger partial charge >= 0.3 is 6.18 Å². The number of non-ortho nitro benzene ring substituents is 1. The van der Waals surface area contributed by atoms with Gasteiger partial charge in [-0.3, -0.25) is 14.9 Å². The third kappa shape index (κ3) is 5.09. The van der Waals surface area contributed by atoms with E-state index in [1.54, 1.807) is 0 Å². The van der Waals surface area contributed by atoms with Crippen LogP contribution in [0.15, 0.2) is 36.4 Å². The Bertz CT molecular complexity index is 854. The number of nitro benzene ring substituents is 1. The first-order chi connectivity index (χ1) is 12.1. The van der Waals surface area contributed by atoms with Crippen LogP contribution in [0.2, 0.25) is 5.02 Å². The second-order valence-corrected chi connectivity index (χ2v) is 5.52. The van der Waals surface area contributed by atoms with E-state index in [2.05, 4.69) is 4.74 Å². The van der Waals surface area contributed by atoms with Crippen LogP contribution in [-0.4, -0.2) is 30.6 Å². The van der Waals surface area contributed by atoms with Crippen molar-refractivity contribution in [1.29, 1.82) is 0 Å². The van der Waals surface area contributed by atoms with Gasteiger partial charge < -0.3 is 9.47 Å². The van der Waals surface area contributed by atoms with Crippen molar-refractivity contribution in [2.75, 3.05) is 13.7 Å².